The van der Waals surface area contributed by atoms with Gasteiger partial charge in [0.05, 0.1) is 17.3 Å². The van der Waals surface area contributed by atoms with Gasteiger partial charge in [0.25, 0.3) is 5.91 Å². The van der Waals surface area contributed by atoms with Gasteiger partial charge in [-0.1, -0.05) is 72.3 Å². The van der Waals surface area contributed by atoms with Gasteiger partial charge in [0.15, 0.2) is 5.11 Å². The second-order valence-corrected chi connectivity index (χ2v) is 8.06. The van der Waals surface area contributed by atoms with Crippen molar-refractivity contribution in [3.05, 3.63) is 101 Å². The molecule has 3 aromatic carbocycles. The van der Waals surface area contributed by atoms with E-state index in [4.69, 9.17) is 23.8 Å². The molecule has 0 radical (unpaired) electrons. The predicted molar refractivity (Wildman–Crippen MR) is 133 cm³/mol. The molecule has 0 spiro atoms. The van der Waals surface area contributed by atoms with Crippen LogP contribution in [0, 0.1) is 0 Å². The van der Waals surface area contributed by atoms with E-state index in [-0.39, 0.29) is 29.4 Å². The number of para-hydroxylation sites is 1. The number of carbonyl (C=O) groups excluding carboxylic acids is 2. The summed E-state index contributed by atoms with van der Waals surface area (Å²) in [7, 11) is 0. The zero-order chi connectivity index (χ0) is 22.9. The minimum absolute atomic E-state index is 0.130. The summed E-state index contributed by atoms with van der Waals surface area (Å²) in [4.78, 5) is 25.1. The Hall–Kier alpha value is -3.22. The number of hydrogen-bond acceptors (Lipinski definition) is 3. The molecule has 0 aromatic heterocycles. The van der Waals surface area contributed by atoms with Gasteiger partial charge >= 0.3 is 0 Å². The molecule has 0 bridgehead atoms. The molecule has 0 aliphatic heterocycles. The molecule has 32 heavy (non-hydrogen) atoms. The van der Waals surface area contributed by atoms with Crippen molar-refractivity contribution in [2.24, 2.45) is 0 Å². The summed E-state index contributed by atoms with van der Waals surface area (Å²) in [5.41, 5.74) is 2.86. The maximum absolute atomic E-state index is 12.8. The topological polar surface area (TPSA) is 70.2 Å². The van der Waals surface area contributed by atoms with E-state index in [9.17, 15) is 9.59 Å². The summed E-state index contributed by atoms with van der Waals surface area (Å²) in [6, 6.07) is 24.0. The highest BCUT2D eigenvalue weighted by molar-refractivity contribution is 7.80. The Balaban J connectivity index is 1.57. The fourth-order valence-corrected chi connectivity index (χ4v) is 3.64. The predicted octanol–water partition coefficient (Wildman–Crippen LogP) is 5.28. The normalized spacial score (nSPS) is 11.3. The van der Waals surface area contributed by atoms with Gasteiger partial charge in [0, 0.05) is 11.4 Å². The monoisotopic (exact) mass is 465 g/mol. The molecule has 1 atom stereocenters. The molecule has 0 heterocycles. The third-order valence-corrected chi connectivity index (χ3v) is 5.47. The van der Waals surface area contributed by atoms with Gasteiger partial charge in [-0.05, 0) is 54.9 Å². The van der Waals surface area contributed by atoms with E-state index in [1.54, 1.807) is 30.3 Å². The molecule has 2 amide bonds. The summed E-state index contributed by atoms with van der Waals surface area (Å²) >= 11 is 11.4. The second kappa shape index (κ2) is 11.4. The molecule has 0 saturated heterocycles. The third kappa shape index (κ3) is 6.64. The molecule has 164 valence electrons. The highest BCUT2D eigenvalue weighted by atomic mass is 35.5. The van der Waals surface area contributed by atoms with E-state index in [1.807, 2.05) is 55.5 Å². The van der Waals surface area contributed by atoms with Crippen molar-refractivity contribution in [2.45, 2.75) is 25.8 Å². The molecule has 0 fully saturated rings. The number of thiocarbonyl (C=S) groups is 1. The van der Waals surface area contributed by atoms with Crippen molar-refractivity contribution < 1.29 is 9.59 Å². The Bertz CT molecular complexity index is 1110. The highest BCUT2D eigenvalue weighted by Crippen LogP contribution is 2.18. The fraction of sp³-hybridized carbons (Fsp3) is 0.160. The lowest BCUT2D eigenvalue weighted by molar-refractivity contribution is -0.119. The zero-order valence-electron chi connectivity index (χ0n) is 17.6. The third-order valence-electron chi connectivity index (χ3n) is 4.90. The van der Waals surface area contributed by atoms with Crippen LogP contribution in [0.25, 0.3) is 0 Å². The number of benzene rings is 3. The van der Waals surface area contributed by atoms with Crippen LogP contribution in [-0.4, -0.2) is 16.9 Å². The van der Waals surface area contributed by atoms with Crippen LogP contribution in [-0.2, 0) is 11.2 Å². The number of carbonyl (C=O) groups is 2. The Labute approximate surface area is 198 Å². The summed E-state index contributed by atoms with van der Waals surface area (Å²) in [6.07, 6.45) is 0.743. The fourth-order valence-electron chi connectivity index (χ4n) is 3.18. The van der Waals surface area contributed by atoms with Crippen molar-refractivity contribution in [3.8, 4) is 0 Å². The standard InChI is InChI=1S/C25H24ClN3O2S/c1-17(18-9-3-2-4-10-18)27-24(31)20-12-6-8-14-22(20)28-25(32)29-23(30)16-15-19-11-5-7-13-21(19)26/h2-14,17H,15-16H2,1H3,(H,27,31)(H2,28,29,30,32). The Morgan fingerprint density at radius 3 is 2.34 bits per heavy atom. The van der Waals surface area contributed by atoms with E-state index < -0.39 is 0 Å². The number of halogens is 1. The summed E-state index contributed by atoms with van der Waals surface area (Å²) < 4.78 is 0. The number of anilines is 1. The van der Waals surface area contributed by atoms with Crippen LogP contribution in [0.5, 0.6) is 0 Å². The van der Waals surface area contributed by atoms with E-state index in [1.165, 1.54) is 0 Å². The van der Waals surface area contributed by atoms with Crippen molar-refractivity contribution in [3.63, 3.8) is 0 Å². The minimum atomic E-state index is -0.239. The SMILES string of the molecule is CC(NC(=O)c1ccccc1NC(=S)NC(=O)CCc1ccccc1Cl)c1ccccc1. The molecule has 0 aliphatic rings. The van der Waals surface area contributed by atoms with Gasteiger partial charge in [0.2, 0.25) is 5.91 Å². The van der Waals surface area contributed by atoms with Crippen LogP contribution in [0.15, 0.2) is 78.9 Å². The van der Waals surface area contributed by atoms with Crippen molar-refractivity contribution in [2.75, 3.05) is 5.32 Å². The van der Waals surface area contributed by atoms with Crippen LogP contribution in [0.2, 0.25) is 5.02 Å². The van der Waals surface area contributed by atoms with Gasteiger partial charge in [0.1, 0.15) is 0 Å². The van der Waals surface area contributed by atoms with E-state index in [0.717, 1.165) is 11.1 Å². The number of hydrogen-bond donors (Lipinski definition) is 3. The number of aryl methyl sites for hydroxylation is 1. The van der Waals surface area contributed by atoms with Crippen molar-refractivity contribution in [1.82, 2.24) is 10.6 Å². The largest absolute Gasteiger partial charge is 0.345 e. The Kier molecular flexibility index (Phi) is 8.36. The Morgan fingerprint density at radius 1 is 0.938 bits per heavy atom. The zero-order valence-corrected chi connectivity index (χ0v) is 19.2. The van der Waals surface area contributed by atoms with E-state index >= 15 is 0 Å². The first-order valence-electron chi connectivity index (χ1n) is 10.2. The van der Waals surface area contributed by atoms with Gasteiger partial charge in [-0.2, -0.15) is 0 Å². The summed E-state index contributed by atoms with van der Waals surface area (Å²) in [5.74, 6) is -0.473. The molecule has 3 aromatic rings. The molecule has 0 saturated carbocycles. The molecule has 1 unspecified atom stereocenters. The van der Waals surface area contributed by atoms with Crippen molar-refractivity contribution in [1.29, 1.82) is 0 Å². The van der Waals surface area contributed by atoms with Crippen LogP contribution in [0.4, 0.5) is 5.69 Å². The summed E-state index contributed by atoms with van der Waals surface area (Å²) in [5, 5.41) is 9.36. The number of amides is 2. The molecule has 5 nitrogen and oxygen atoms in total. The first-order valence-corrected chi connectivity index (χ1v) is 11.0. The highest BCUT2D eigenvalue weighted by Gasteiger charge is 2.16. The number of nitrogens with one attached hydrogen (secondary N) is 3. The van der Waals surface area contributed by atoms with Crippen LogP contribution in [0.1, 0.15) is 40.9 Å². The second-order valence-electron chi connectivity index (χ2n) is 7.25. The molecule has 3 rings (SSSR count). The first kappa shape index (κ1) is 23.4. The van der Waals surface area contributed by atoms with Crippen LogP contribution < -0.4 is 16.0 Å². The summed E-state index contributed by atoms with van der Waals surface area (Å²) in [6.45, 7) is 1.92. The van der Waals surface area contributed by atoms with E-state index in [0.29, 0.717) is 22.7 Å². The van der Waals surface area contributed by atoms with Crippen LogP contribution >= 0.6 is 23.8 Å². The molecule has 3 N–H and O–H groups in total. The van der Waals surface area contributed by atoms with Gasteiger partial charge in [-0.3, -0.25) is 9.59 Å². The lowest BCUT2D eigenvalue weighted by atomic mass is 10.1. The lowest BCUT2D eigenvalue weighted by Gasteiger charge is -2.17. The Morgan fingerprint density at radius 2 is 1.59 bits per heavy atom. The van der Waals surface area contributed by atoms with Gasteiger partial charge in [-0.25, -0.2) is 0 Å². The molecular formula is C25H24ClN3O2S. The van der Waals surface area contributed by atoms with E-state index in [2.05, 4.69) is 16.0 Å². The quantitative estimate of drug-likeness (QED) is 0.415. The van der Waals surface area contributed by atoms with Crippen LogP contribution in [0.3, 0.4) is 0 Å². The maximum Gasteiger partial charge on any atom is 0.253 e. The maximum atomic E-state index is 12.8. The smallest absolute Gasteiger partial charge is 0.253 e. The minimum Gasteiger partial charge on any atom is -0.345 e. The van der Waals surface area contributed by atoms with Gasteiger partial charge < -0.3 is 16.0 Å². The average Bonchev–Trinajstić information content (AvgIpc) is 2.79. The van der Waals surface area contributed by atoms with Gasteiger partial charge in [-0.15, -0.1) is 0 Å². The average molecular weight is 466 g/mol. The lowest BCUT2D eigenvalue weighted by Crippen LogP contribution is -2.35. The molecule has 0 aliphatic carbocycles. The molecule has 7 heteroatoms. The number of rotatable bonds is 7. The van der Waals surface area contributed by atoms with Crippen molar-refractivity contribution >= 4 is 46.4 Å². The first-order chi connectivity index (χ1) is 15.4. The molecular weight excluding hydrogens is 442 g/mol.